The van der Waals surface area contributed by atoms with Crippen molar-refractivity contribution in [2.75, 3.05) is 5.32 Å². The second-order valence-corrected chi connectivity index (χ2v) is 7.06. The summed E-state index contributed by atoms with van der Waals surface area (Å²) < 4.78 is 0. The van der Waals surface area contributed by atoms with Gasteiger partial charge in [-0.15, -0.1) is 10.2 Å². The zero-order valence-electron chi connectivity index (χ0n) is 12.5. The smallest absolute Gasteiger partial charge is 0.210 e. The van der Waals surface area contributed by atoms with E-state index < -0.39 is 0 Å². The van der Waals surface area contributed by atoms with E-state index in [9.17, 15) is 0 Å². The maximum atomic E-state index is 8.99. The predicted octanol–water partition coefficient (Wildman–Crippen LogP) is 5.61. The lowest BCUT2D eigenvalue weighted by Crippen LogP contribution is -1.89. The maximum absolute atomic E-state index is 8.99. The van der Waals surface area contributed by atoms with Crippen molar-refractivity contribution in [3.8, 4) is 16.8 Å². The van der Waals surface area contributed by atoms with Crippen LogP contribution in [0.2, 0.25) is 10.0 Å². The molecule has 0 unspecified atom stereocenters. The third kappa shape index (κ3) is 3.17. The first-order chi connectivity index (χ1) is 12.1. The molecule has 0 aliphatic rings. The van der Waals surface area contributed by atoms with E-state index in [1.165, 1.54) is 11.3 Å². The fraction of sp³-hybridized carbons (Fsp3) is 0. The molecule has 0 fully saturated rings. The molecule has 0 bridgehead atoms. The minimum absolute atomic E-state index is 0.473. The molecule has 5 nitrogen and oxygen atoms in total. The summed E-state index contributed by atoms with van der Waals surface area (Å²) in [5, 5.41) is 23.8. The van der Waals surface area contributed by atoms with Crippen molar-refractivity contribution in [2.45, 2.75) is 0 Å². The largest absolute Gasteiger partial charge is 0.353 e. The first kappa shape index (κ1) is 15.9. The molecule has 0 spiro atoms. The van der Waals surface area contributed by atoms with E-state index in [0.717, 1.165) is 27.3 Å². The van der Waals surface area contributed by atoms with E-state index in [1.807, 2.05) is 24.3 Å². The number of benzene rings is 2. The minimum Gasteiger partial charge on any atom is -0.353 e. The molecule has 2 heterocycles. The van der Waals surface area contributed by atoms with Crippen molar-refractivity contribution in [1.29, 1.82) is 5.26 Å². The van der Waals surface area contributed by atoms with E-state index >= 15 is 0 Å². The molecule has 2 aromatic heterocycles. The summed E-state index contributed by atoms with van der Waals surface area (Å²) in [6, 6.07) is 14.9. The van der Waals surface area contributed by atoms with Gasteiger partial charge >= 0.3 is 0 Å². The van der Waals surface area contributed by atoms with Crippen LogP contribution in [-0.2, 0) is 0 Å². The lowest BCUT2D eigenvalue weighted by molar-refractivity contribution is 1.09. The summed E-state index contributed by atoms with van der Waals surface area (Å²) in [4.78, 5) is 3.29. The lowest BCUT2D eigenvalue weighted by atomic mass is 10.2. The summed E-state index contributed by atoms with van der Waals surface area (Å²) in [5.41, 5.74) is 3.21. The molecule has 25 heavy (non-hydrogen) atoms. The highest BCUT2D eigenvalue weighted by atomic mass is 35.5. The van der Waals surface area contributed by atoms with Crippen molar-refractivity contribution >= 4 is 56.3 Å². The Morgan fingerprint density at radius 1 is 1.04 bits per heavy atom. The van der Waals surface area contributed by atoms with Crippen molar-refractivity contribution in [3.05, 3.63) is 58.1 Å². The number of H-pyrrole nitrogens is 1. The van der Waals surface area contributed by atoms with E-state index in [2.05, 4.69) is 26.6 Å². The van der Waals surface area contributed by atoms with Gasteiger partial charge in [-0.05, 0) is 42.5 Å². The zero-order chi connectivity index (χ0) is 17.4. The van der Waals surface area contributed by atoms with E-state index in [-0.39, 0.29) is 0 Å². The number of nitrogens with zero attached hydrogens (tertiary/aromatic N) is 3. The number of rotatable bonds is 3. The first-order valence-corrected chi connectivity index (χ1v) is 8.78. The Balaban J connectivity index is 1.62. The van der Waals surface area contributed by atoms with Gasteiger partial charge in [0.2, 0.25) is 5.13 Å². The SMILES string of the molecule is N#Cc1ccc2[nH]c(-c3nnc(Nc4ccc(Cl)c(Cl)c4)s3)cc2c1. The van der Waals surface area contributed by atoms with Crippen LogP contribution in [0.3, 0.4) is 0 Å². The van der Waals surface area contributed by atoms with Crippen LogP contribution in [0.15, 0.2) is 42.5 Å². The molecule has 2 N–H and O–H groups in total. The number of nitrogens with one attached hydrogen (secondary N) is 2. The molecule has 0 atom stereocenters. The normalized spacial score (nSPS) is 10.8. The van der Waals surface area contributed by atoms with Crippen LogP contribution in [0.25, 0.3) is 21.6 Å². The number of aromatic amines is 1. The van der Waals surface area contributed by atoms with Gasteiger partial charge in [-0.2, -0.15) is 5.26 Å². The Morgan fingerprint density at radius 2 is 1.92 bits per heavy atom. The quantitative estimate of drug-likeness (QED) is 0.480. The Bertz CT molecular complexity index is 1130. The average molecular weight is 386 g/mol. The number of anilines is 2. The van der Waals surface area contributed by atoms with Gasteiger partial charge in [0.25, 0.3) is 0 Å². The summed E-state index contributed by atoms with van der Waals surface area (Å²) >= 11 is 13.3. The molecule has 4 aromatic rings. The molecule has 4 rings (SSSR count). The second-order valence-electron chi connectivity index (χ2n) is 5.26. The van der Waals surface area contributed by atoms with E-state index in [0.29, 0.717) is 20.7 Å². The van der Waals surface area contributed by atoms with Crippen LogP contribution in [0, 0.1) is 11.3 Å². The summed E-state index contributed by atoms with van der Waals surface area (Å²) in [6.45, 7) is 0. The molecule has 0 saturated heterocycles. The minimum atomic E-state index is 0.473. The Morgan fingerprint density at radius 3 is 2.72 bits per heavy atom. The van der Waals surface area contributed by atoms with Crippen molar-refractivity contribution in [2.24, 2.45) is 0 Å². The molecule has 8 heteroatoms. The van der Waals surface area contributed by atoms with Crippen molar-refractivity contribution < 1.29 is 0 Å². The molecule has 122 valence electrons. The van der Waals surface area contributed by atoms with Crippen molar-refractivity contribution in [3.63, 3.8) is 0 Å². The molecule has 0 amide bonds. The Labute approximate surface area is 156 Å². The number of aromatic nitrogens is 3. The number of hydrogen-bond acceptors (Lipinski definition) is 5. The zero-order valence-corrected chi connectivity index (χ0v) is 14.9. The van der Waals surface area contributed by atoms with Gasteiger partial charge in [0.05, 0.1) is 27.4 Å². The summed E-state index contributed by atoms with van der Waals surface area (Å²) in [7, 11) is 0. The topological polar surface area (TPSA) is 77.4 Å². The molecular weight excluding hydrogens is 377 g/mol. The number of halogens is 2. The van der Waals surface area contributed by atoms with Gasteiger partial charge in [0.15, 0.2) is 5.01 Å². The van der Waals surface area contributed by atoms with Gasteiger partial charge in [0.1, 0.15) is 0 Å². The van der Waals surface area contributed by atoms with Gasteiger partial charge in [0, 0.05) is 16.6 Å². The highest BCUT2D eigenvalue weighted by molar-refractivity contribution is 7.18. The molecule has 0 aliphatic heterocycles. The predicted molar refractivity (Wildman–Crippen MR) is 102 cm³/mol. The van der Waals surface area contributed by atoms with Crippen LogP contribution in [0.4, 0.5) is 10.8 Å². The fourth-order valence-electron chi connectivity index (χ4n) is 2.40. The van der Waals surface area contributed by atoms with Gasteiger partial charge in [-0.1, -0.05) is 34.5 Å². The van der Waals surface area contributed by atoms with Crippen LogP contribution in [0.1, 0.15) is 5.56 Å². The van der Waals surface area contributed by atoms with Gasteiger partial charge in [-0.3, -0.25) is 0 Å². The van der Waals surface area contributed by atoms with Crippen LogP contribution >= 0.6 is 34.5 Å². The summed E-state index contributed by atoms with van der Waals surface area (Å²) in [5.74, 6) is 0. The maximum Gasteiger partial charge on any atom is 0.210 e. The third-order valence-corrected chi connectivity index (χ3v) is 5.19. The molecule has 0 aliphatic carbocycles. The Hall–Kier alpha value is -2.59. The fourth-order valence-corrected chi connectivity index (χ4v) is 3.43. The standard InChI is InChI=1S/C17H9Cl2N5S/c18-12-3-2-11(7-13(12)19)21-17-24-23-16(25-17)15-6-10-5-9(8-20)1-4-14(10)22-15/h1-7,22H,(H,21,24). The van der Waals surface area contributed by atoms with Crippen LogP contribution in [0.5, 0.6) is 0 Å². The van der Waals surface area contributed by atoms with E-state index in [4.69, 9.17) is 28.5 Å². The van der Waals surface area contributed by atoms with Gasteiger partial charge < -0.3 is 10.3 Å². The third-order valence-electron chi connectivity index (χ3n) is 3.58. The number of hydrogen-bond donors (Lipinski definition) is 2. The number of nitriles is 1. The molecule has 2 aromatic carbocycles. The first-order valence-electron chi connectivity index (χ1n) is 7.21. The molecular formula is C17H9Cl2N5S. The van der Waals surface area contributed by atoms with Crippen molar-refractivity contribution in [1.82, 2.24) is 15.2 Å². The Kier molecular flexibility index (Phi) is 4.06. The lowest BCUT2D eigenvalue weighted by Gasteiger charge is -2.02. The van der Waals surface area contributed by atoms with Gasteiger partial charge in [-0.25, -0.2) is 0 Å². The number of fused-ring (bicyclic) bond motifs is 1. The molecule has 0 radical (unpaired) electrons. The summed E-state index contributed by atoms with van der Waals surface area (Å²) in [6.07, 6.45) is 0. The molecule has 0 saturated carbocycles. The highest BCUT2D eigenvalue weighted by Gasteiger charge is 2.11. The highest BCUT2D eigenvalue weighted by Crippen LogP contribution is 2.32. The average Bonchev–Trinajstić information content (AvgIpc) is 3.23. The van der Waals surface area contributed by atoms with Crippen LogP contribution < -0.4 is 5.32 Å². The second kappa shape index (κ2) is 6.37. The monoisotopic (exact) mass is 385 g/mol. The van der Waals surface area contributed by atoms with E-state index in [1.54, 1.807) is 18.2 Å². The van der Waals surface area contributed by atoms with Crippen LogP contribution in [-0.4, -0.2) is 15.2 Å².